The van der Waals surface area contributed by atoms with Crippen molar-refractivity contribution in [3.8, 4) is 11.1 Å². The maximum atomic E-state index is 4.02. The van der Waals surface area contributed by atoms with Gasteiger partial charge in [0.25, 0.3) is 0 Å². The van der Waals surface area contributed by atoms with Gasteiger partial charge in [0.2, 0.25) is 0 Å². The largest absolute Gasteiger partial charge is 0.282 e. The molecule has 1 aromatic heterocycles. The Labute approximate surface area is 76.6 Å². The van der Waals surface area contributed by atoms with Crippen LogP contribution < -0.4 is 0 Å². The average molecular weight is 170 g/mol. The average Bonchev–Trinajstić information content (AvgIpc) is 2.79. The molecular formula is C11H10N2. The Morgan fingerprint density at radius 2 is 2.23 bits per heavy atom. The Hall–Kier alpha value is -1.57. The minimum absolute atomic E-state index is 1.14. The van der Waals surface area contributed by atoms with Crippen molar-refractivity contribution in [3.63, 3.8) is 0 Å². The third kappa shape index (κ3) is 0.985. The molecule has 0 saturated heterocycles. The van der Waals surface area contributed by atoms with Crippen LogP contribution in [0.25, 0.3) is 11.1 Å². The topological polar surface area (TPSA) is 28.7 Å². The summed E-state index contributed by atoms with van der Waals surface area (Å²) >= 11 is 0. The number of aromatic amines is 1. The molecule has 1 aliphatic rings. The van der Waals surface area contributed by atoms with E-state index < -0.39 is 0 Å². The smallest absolute Gasteiger partial charge is 0.0568 e. The van der Waals surface area contributed by atoms with Gasteiger partial charge in [-0.15, -0.1) is 0 Å². The van der Waals surface area contributed by atoms with E-state index in [0.717, 1.165) is 5.69 Å². The lowest BCUT2D eigenvalue weighted by molar-refractivity contribution is 1.05. The standard InChI is InChI=1S/C11H10N2/c1-7-11(6-12-13-7)9-3-2-8-4-10(8)5-9/h2-3,5-6H,4H2,1H3,(H,12,13). The molecule has 2 nitrogen and oxygen atoms in total. The van der Waals surface area contributed by atoms with E-state index in [2.05, 4.69) is 28.4 Å². The molecule has 1 aromatic carbocycles. The molecule has 0 bridgehead atoms. The first-order valence-electron chi connectivity index (χ1n) is 4.47. The van der Waals surface area contributed by atoms with Crippen molar-refractivity contribution in [3.05, 3.63) is 41.2 Å². The van der Waals surface area contributed by atoms with Crippen LogP contribution in [0.2, 0.25) is 0 Å². The molecular weight excluding hydrogens is 160 g/mol. The van der Waals surface area contributed by atoms with Gasteiger partial charge < -0.3 is 0 Å². The predicted octanol–water partition coefficient (Wildman–Crippen LogP) is 2.29. The van der Waals surface area contributed by atoms with E-state index in [9.17, 15) is 0 Å². The third-order valence-electron chi connectivity index (χ3n) is 2.60. The van der Waals surface area contributed by atoms with E-state index >= 15 is 0 Å². The third-order valence-corrected chi connectivity index (χ3v) is 2.60. The summed E-state index contributed by atoms with van der Waals surface area (Å²) in [6, 6.07) is 6.63. The number of aryl methyl sites for hydroxylation is 1. The highest BCUT2D eigenvalue weighted by molar-refractivity contribution is 5.68. The van der Waals surface area contributed by atoms with Crippen LogP contribution in [0.4, 0.5) is 0 Å². The van der Waals surface area contributed by atoms with Gasteiger partial charge >= 0.3 is 0 Å². The molecule has 1 N–H and O–H groups in total. The Kier molecular flexibility index (Phi) is 1.18. The monoisotopic (exact) mass is 170 g/mol. The van der Waals surface area contributed by atoms with Crippen molar-refractivity contribution < 1.29 is 0 Å². The molecule has 0 atom stereocenters. The Morgan fingerprint density at radius 3 is 2.92 bits per heavy atom. The summed E-state index contributed by atoms with van der Waals surface area (Å²) in [4.78, 5) is 0. The maximum Gasteiger partial charge on any atom is 0.0568 e. The van der Waals surface area contributed by atoms with Gasteiger partial charge in [-0.3, -0.25) is 5.10 Å². The van der Waals surface area contributed by atoms with Crippen molar-refractivity contribution in [2.45, 2.75) is 13.3 Å². The minimum Gasteiger partial charge on any atom is -0.282 e. The summed E-state index contributed by atoms with van der Waals surface area (Å²) in [6.07, 6.45) is 3.07. The molecule has 0 spiro atoms. The Bertz CT molecular complexity index is 469. The molecule has 0 saturated carbocycles. The zero-order valence-electron chi connectivity index (χ0n) is 7.46. The number of fused-ring (bicyclic) bond motifs is 1. The molecule has 0 radical (unpaired) electrons. The summed E-state index contributed by atoms with van der Waals surface area (Å²) in [5, 5.41) is 6.97. The molecule has 2 heteroatoms. The predicted molar refractivity (Wildman–Crippen MR) is 51.6 cm³/mol. The fraction of sp³-hybridized carbons (Fsp3) is 0.182. The van der Waals surface area contributed by atoms with Crippen LogP contribution in [0.5, 0.6) is 0 Å². The number of nitrogens with zero attached hydrogens (tertiary/aromatic N) is 1. The van der Waals surface area contributed by atoms with Crippen LogP contribution in [0.15, 0.2) is 24.4 Å². The first-order chi connectivity index (χ1) is 6.34. The molecule has 0 unspecified atom stereocenters. The van der Waals surface area contributed by atoms with Crippen LogP contribution in [0.1, 0.15) is 16.8 Å². The van der Waals surface area contributed by atoms with Crippen molar-refractivity contribution in [2.24, 2.45) is 0 Å². The van der Waals surface area contributed by atoms with Gasteiger partial charge in [0.05, 0.1) is 6.20 Å². The van der Waals surface area contributed by atoms with Crippen LogP contribution >= 0.6 is 0 Å². The second-order valence-corrected chi connectivity index (χ2v) is 3.57. The summed E-state index contributed by atoms with van der Waals surface area (Å²) in [5.41, 5.74) is 6.61. The SMILES string of the molecule is Cc1[nH]ncc1-c1ccc2c(c1)C2. The minimum atomic E-state index is 1.14. The second kappa shape index (κ2) is 2.22. The summed E-state index contributed by atoms with van der Waals surface area (Å²) in [7, 11) is 0. The number of H-pyrrole nitrogens is 1. The lowest BCUT2D eigenvalue weighted by Crippen LogP contribution is -1.77. The van der Waals surface area contributed by atoms with Crippen LogP contribution in [-0.2, 0) is 6.42 Å². The zero-order chi connectivity index (χ0) is 8.84. The second-order valence-electron chi connectivity index (χ2n) is 3.57. The number of benzene rings is 1. The summed E-state index contributed by atoms with van der Waals surface area (Å²) in [6.45, 7) is 2.05. The van der Waals surface area contributed by atoms with Gasteiger partial charge in [-0.05, 0) is 30.0 Å². The Balaban J connectivity index is 2.16. The van der Waals surface area contributed by atoms with E-state index in [0.29, 0.717) is 0 Å². The highest BCUT2D eigenvalue weighted by Crippen LogP contribution is 2.32. The highest BCUT2D eigenvalue weighted by atomic mass is 15.1. The van der Waals surface area contributed by atoms with Crippen LogP contribution in [0, 0.1) is 6.92 Å². The van der Waals surface area contributed by atoms with Gasteiger partial charge in [0, 0.05) is 11.3 Å². The lowest BCUT2D eigenvalue weighted by atomic mass is 10.1. The van der Waals surface area contributed by atoms with E-state index in [1.807, 2.05) is 13.1 Å². The van der Waals surface area contributed by atoms with Crippen LogP contribution in [-0.4, -0.2) is 10.2 Å². The van der Waals surface area contributed by atoms with Gasteiger partial charge in [0.1, 0.15) is 0 Å². The molecule has 0 aliphatic heterocycles. The molecule has 1 heterocycles. The highest BCUT2D eigenvalue weighted by Gasteiger charge is 2.17. The quantitative estimate of drug-likeness (QED) is 0.596. The number of nitrogens with one attached hydrogen (secondary N) is 1. The van der Waals surface area contributed by atoms with Crippen molar-refractivity contribution in [1.82, 2.24) is 10.2 Å². The molecule has 64 valence electrons. The van der Waals surface area contributed by atoms with Gasteiger partial charge in [-0.2, -0.15) is 5.10 Å². The van der Waals surface area contributed by atoms with Crippen LogP contribution in [0.3, 0.4) is 0 Å². The van der Waals surface area contributed by atoms with Gasteiger partial charge in [-0.25, -0.2) is 0 Å². The zero-order valence-corrected chi connectivity index (χ0v) is 7.46. The fourth-order valence-electron chi connectivity index (χ4n) is 1.71. The first-order valence-corrected chi connectivity index (χ1v) is 4.47. The van der Waals surface area contributed by atoms with Gasteiger partial charge in [-0.1, -0.05) is 18.2 Å². The molecule has 3 rings (SSSR count). The molecule has 0 amide bonds. The summed E-state index contributed by atoms with van der Waals surface area (Å²) < 4.78 is 0. The van der Waals surface area contributed by atoms with Crippen molar-refractivity contribution in [1.29, 1.82) is 0 Å². The number of hydrogen-bond acceptors (Lipinski definition) is 1. The molecule has 13 heavy (non-hydrogen) atoms. The molecule has 0 fully saturated rings. The first kappa shape index (κ1) is 6.89. The van der Waals surface area contributed by atoms with E-state index in [-0.39, 0.29) is 0 Å². The number of rotatable bonds is 1. The fourth-order valence-corrected chi connectivity index (χ4v) is 1.71. The van der Waals surface area contributed by atoms with Crippen molar-refractivity contribution in [2.75, 3.05) is 0 Å². The number of hydrogen-bond donors (Lipinski definition) is 1. The van der Waals surface area contributed by atoms with Crippen molar-refractivity contribution >= 4 is 0 Å². The normalized spacial score (nSPS) is 12.7. The number of aromatic nitrogens is 2. The molecule has 1 aliphatic carbocycles. The van der Waals surface area contributed by atoms with E-state index in [1.165, 1.54) is 28.7 Å². The summed E-state index contributed by atoms with van der Waals surface area (Å²) in [5.74, 6) is 0. The van der Waals surface area contributed by atoms with E-state index in [1.54, 1.807) is 0 Å². The van der Waals surface area contributed by atoms with E-state index in [4.69, 9.17) is 0 Å². The Morgan fingerprint density at radius 1 is 1.31 bits per heavy atom. The lowest BCUT2D eigenvalue weighted by Gasteiger charge is -1.96. The maximum absolute atomic E-state index is 4.02. The molecule has 2 aromatic rings. The van der Waals surface area contributed by atoms with Gasteiger partial charge in [0.15, 0.2) is 0 Å².